The summed E-state index contributed by atoms with van der Waals surface area (Å²) < 4.78 is 6.25. The average molecular weight is 552 g/mol. The maximum atomic E-state index is 12.5. The third-order valence-corrected chi connectivity index (χ3v) is 7.23. The van der Waals surface area contributed by atoms with Crippen molar-refractivity contribution in [3.63, 3.8) is 0 Å². The molecule has 36 heavy (non-hydrogen) atoms. The average Bonchev–Trinajstić information content (AvgIpc) is 2.87. The van der Waals surface area contributed by atoms with Crippen molar-refractivity contribution >= 4 is 17.4 Å². The predicted molar refractivity (Wildman–Crippen MR) is 140 cm³/mol. The summed E-state index contributed by atoms with van der Waals surface area (Å²) in [6.45, 7) is 6.92. The van der Waals surface area contributed by atoms with Gasteiger partial charge in [0.05, 0.1) is 13.1 Å². The number of aryl methyl sites for hydroxylation is 1. The largest absolute Gasteiger partial charge is 1.00 e. The Bertz CT molecular complexity index is 1160. The number of hydrogen-bond donors (Lipinski definition) is 1. The molecule has 0 radical (unpaired) electrons. The van der Waals surface area contributed by atoms with Crippen molar-refractivity contribution in [1.82, 2.24) is 0 Å². The second-order valence-electron chi connectivity index (χ2n) is 9.86. The molecule has 3 aliphatic rings. The van der Waals surface area contributed by atoms with Gasteiger partial charge in [0.25, 0.3) is 0 Å². The first kappa shape index (κ1) is 27.6. The van der Waals surface area contributed by atoms with Crippen molar-refractivity contribution in [1.29, 1.82) is 0 Å². The molecule has 0 saturated carbocycles. The lowest BCUT2D eigenvalue weighted by molar-refractivity contribution is -0.938. The Morgan fingerprint density at radius 3 is 2.17 bits per heavy atom. The topological polar surface area (TPSA) is 69.4 Å². The van der Waals surface area contributed by atoms with Crippen LogP contribution in [0.5, 0.6) is 0 Å². The molecule has 0 spiro atoms. The first-order valence-electron chi connectivity index (χ1n) is 12.4. The number of nitrogens with two attached hydrogens (primary N) is 1. The third-order valence-electron chi connectivity index (χ3n) is 7.23. The van der Waals surface area contributed by atoms with Crippen molar-refractivity contribution in [2.75, 3.05) is 31.9 Å². The number of fused-ring (bicyclic) bond motifs is 3. The summed E-state index contributed by atoms with van der Waals surface area (Å²) in [5, 5.41) is 0. The SMILES string of the molecule is CC(=O)OC1C[N+]2(CC(=O)c3ccccc3)CCC1CC2.Cc1ccc(N)c(-c2ccccc2)c1.[Br-]. The highest BCUT2D eigenvalue weighted by atomic mass is 79.9. The van der Waals surface area contributed by atoms with Gasteiger partial charge < -0.3 is 31.9 Å². The van der Waals surface area contributed by atoms with E-state index in [2.05, 4.69) is 25.1 Å². The number of nitrogen functional groups attached to an aromatic ring is 1. The number of quaternary nitrogens is 1. The molecule has 3 saturated heterocycles. The van der Waals surface area contributed by atoms with E-state index in [1.165, 1.54) is 18.1 Å². The minimum absolute atomic E-state index is 0. The number of nitrogens with zero attached hydrogens (tertiary/aromatic N) is 1. The van der Waals surface area contributed by atoms with E-state index in [-0.39, 0.29) is 34.8 Å². The Morgan fingerprint density at radius 2 is 1.56 bits per heavy atom. The van der Waals surface area contributed by atoms with Gasteiger partial charge in [-0.15, -0.1) is 0 Å². The lowest BCUT2D eigenvalue weighted by Crippen LogP contribution is -3.00. The maximum absolute atomic E-state index is 12.5. The minimum Gasteiger partial charge on any atom is -1.00 e. The van der Waals surface area contributed by atoms with Crippen LogP contribution in [-0.4, -0.2) is 48.5 Å². The Morgan fingerprint density at radius 1 is 0.944 bits per heavy atom. The molecule has 3 heterocycles. The highest BCUT2D eigenvalue weighted by Crippen LogP contribution is 2.35. The summed E-state index contributed by atoms with van der Waals surface area (Å²) in [5.74, 6) is 0.472. The zero-order valence-corrected chi connectivity index (χ0v) is 22.6. The van der Waals surface area contributed by atoms with E-state index in [0.29, 0.717) is 12.5 Å². The lowest BCUT2D eigenvalue weighted by Gasteiger charge is -2.51. The molecular formula is C30H35BrN2O3. The Balaban J connectivity index is 0.000000210. The molecule has 1 unspecified atom stereocenters. The zero-order valence-electron chi connectivity index (χ0n) is 21.0. The van der Waals surface area contributed by atoms with Gasteiger partial charge in [0.15, 0.2) is 6.10 Å². The molecule has 5 nitrogen and oxygen atoms in total. The van der Waals surface area contributed by atoms with Crippen LogP contribution < -0.4 is 22.7 Å². The van der Waals surface area contributed by atoms with Gasteiger partial charge in [-0.25, -0.2) is 0 Å². The van der Waals surface area contributed by atoms with Crippen molar-refractivity contribution < 1.29 is 35.8 Å². The molecule has 3 aromatic carbocycles. The molecule has 3 aromatic rings. The molecule has 0 aromatic heterocycles. The Hall–Kier alpha value is -2.96. The maximum Gasteiger partial charge on any atom is 0.303 e. The minimum atomic E-state index is -0.207. The summed E-state index contributed by atoms with van der Waals surface area (Å²) in [7, 11) is 0. The van der Waals surface area contributed by atoms with Crippen LogP contribution in [0, 0.1) is 12.8 Å². The number of hydrogen-bond acceptors (Lipinski definition) is 4. The van der Waals surface area contributed by atoms with E-state index < -0.39 is 0 Å². The number of benzene rings is 3. The molecule has 1 atom stereocenters. The molecule has 2 N–H and O–H groups in total. The highest BCUT2D eigenvalue weighted by molar-refractivity contribution is 5.97. The normalized spacial score (nSPS) is 21.9. The first-order chi connectivity index (χ1) is 16.8. The van der Waals surface area contributed by atoms with E-state index in [4.69, 9.17) is 10.5 Å². The standard InChI is InChI=1S/C17H22NO3.C13H13N.BrH/c1-13(19)21-17-12-18(9-7-15(17)8-10-18)11-16(20)14-5-3-2-4-6-14;1-10-7-8-13(14)12(9-10)11-5-3-2-4-6-11;/h2-6,15,17H,7-12H2,1H3;2-9H,14H2,1H3;1H/q+1;;/p-1. The quantitative estimate of drug-likeness (QED) is 0.229. The van der Waals surface area contributed by atoms with E-state index in [0.717, 1.165) is 53.8 Å². The number of anilines is 1. The number of esters is 1. The summed E-state index contributed by atoms with van der Waals surface area (Å²) in [6.07, 6.45) is 2.11. The van der Waals surface area contributed by atoms with Gasteiger partial charge in [0, 0.05) is 42.5 Å². The van der Waals surface area contributed by atoms with Crippen LogP contribution in [0.3, 0.4) is 0 Å². The van der Waals surface area contributed by atoms with Gasteiger partial charge in [0.1, 0.15) is 13.1 Å². The van der Waals surface area contributed by atoms with E-state index in [1.54, 1.807) is 0 Å². The molecule has 2 bridgehead atoms. The van der Waals surface area contributed by atoms with E-state index >= 15 is 0 Å². The van der Waals surface area contributed by atoms with Gasteiger partial charge in [-0.05, 0) is 24.6 Å². The van der Waals surface area contributed by atoms with Crippen molar-refractivity contribution in [3.05, 3.63) is 90.0 Å². The smallest absolute Gasteiger partial charge is 0.303 e. The molecule has 6 heteroatoms. The van der Waals surface area contributed by atoms with Crippen molar-refractivity contribution in [2.24, 2.45) is 5.92 Å². The van der Waals surface area contributed by atoms with Crippen LogP contribution in [0.15, 0.2) is 78.9 Å². The van der Waals surface area contributed by atoms with Crippen LogP contribution in [0.4, 0.5) is 5.69 Å². The van der Waals surface area contributed by atoms with E-state index in [1.807, 2.05) is 60.7 Å². The number of ether oxygens (including phenoxy) is 1. The molecule has 190 valence electrons. The monoisotopic (exact) mass is 550 g/mol. The zero-order chi connectivity index (χ0) is 24.8. The first-order valence-corrected chi connectivity index (χ1v) is 12.4. The predicted octanol–water partition coefficient (Wildman–Crippen LogP) is 2.29. The number of ketones is 1. The summed E-state index contributed by atoms with van der Waals surface area (Å²) >= 11 is 0. The van der Waals surface area contributed by atoms with Crippen molar-refractivity contribution in [2.45, 2.75) is 32.8 Å². The Kier molecular flexibility index (Phi) is 9.46. The number of Topliss-reactive ketones (excluding diaryl/α,β-unsaturated/α-hetero) is 1. The van der Waals surface area contributed by atoms with Gasteiger partial charge >= 0.3 is 5.97 Å². The van der Waals surface area contributed by atoms with Gasteiger partial charge in [0.2, 0.25) is 5.78 Å². The number of halogens is 1. The van der Waals surface area contributed by atoms with Gasteiger partial charge in [-0.1, -0.05) is 72.3 Å². The summed E-state index contributed by atoms with van der Waals surface area (Å²) in [6, 6.07) is 25.8. The van der Waals surface area contributed by atoms with E-state index in [9.17, 15) is 9.59 Å². The second-order valence-corrected chi connectivity index (χ2v) is 9.86. The van der Waals surface area contributed by atoms with Crippen LogP contribution in [-0.2, 0) is 9.53 Å². The van der Waals surface area contributed by atoms with Gasteiger partial charge in [-0.3, -0.25) is 9.59 Å². The molecule has 0 aliphatic carbocycles. The number of carbonyl (C=O) groups is 2. The van der Waals surface area contributed by atoms with Crippen LogP contribution in [0.25, 0.3) is 11.1 Å². The molecule has 0 amide bonds. The summed E-state index contributed by atoms with van der Waals surface area (Å²) in [4.78, 5) is 23.7. The van der Waals surface area contributed by atoms with Crippen LogP contribution in [0.1, 0.15) is 35.7 Å². The lowest BCUT2D eigenvalue weighted by atomic mass is 9.83. The second kappa shape index (κ2) is 12.3. The Labute approximate surface area is 224 Å². The molecular weight excluding hydrogens is 516 g/mol. The van der Waals surface area contributed by atoms with Crippen LogP contribution >= 0.6 is 0 Å². The summed E-state index contributed by atoms with van der Waals surface area (Å²) in [5.41, 5.74) is 11.1. The number of carbonyl (C=O) groups excluding carboxylic acids is 2. The van der Waals surface area contributed by atoms with Crippen molar-refractivity contribution in [3.8, 4) is 11.1 Å². The molecule has 6 rings (SSSR count). The molecule has 3 aliphatic heterocycles. The third kappa shape index (κ3) is 6.83. The fourth-order valence-electron chi connectivity index (χ4n) is 5.35. The van der Waals surface area contributed by atoms with Gasteiger partial charge in [-0.2, -0.15) is 0 Å². The fourth-order valence-corrected chi connectivity index (χ4v) is 5.35. The number of piperidine rings is 3. The number of rotatable bonds is 5. The highest BCUT2D eigenvalue weighted by Gasteiger charge is 2.48. The molecule has 3 fully saturated rings. The van der Waals surface area contributed by atoms with Crippen LogP contribution in [0.2, 0.25) is 0 Å². The fraction of sp³-hybridized carbons (Fsp3) is 0.333.